The minimum atomic E-state index is -3.00. The number of hydrogen-bond acceptors (Lipinski definition) is 2. The van der Waals surface area contributed by atoms with E-state index >= 15 is 0 Å². The smallest absolute Gasteiger partial charge is 0.211 e. The third-order valence-corrected chi connectivity index (χ3v) is 2.93. The van der Waals surface area contributed by atoms with Crippen molar-refractivity contribution in [3.8, 4) is 0 Å². The van der Waals surface area contributed by atoms with E-state index in [9.17, 15) is 8.42 Å². The van der Waals surface area contributed by atoms with Crippen LogP contribution in [-0.2, 0) is 10.0 Å². The Balaban J connectivity index is 3.62. The highest BCUT2D eigenvalue weighted by Crippen LogP contribution is 1.89. The number of nitrogens with one attached hydrogen (secondary N) is 1. The molecule has 72 valence electrons. The second kappa shape index (κ2) is 6.20. The van der Waals surface area contributed by atoms with Gasteiger partial charge in [-0.05, 0) is 19.8 Å². The first-order valence-corrected chi connectivity index (χ1v) is 5.86. The molecule has 0 amide bonds. The van der Waals surface area contributed by atoms with Gasteiger partial charge in [0.25, 0.3) is 0 Å². The number of allylic oxidation sites excluding steroid dienone is 1. The van der Waals surface area contributed by atoms with Crippen molar-refractivity contribution >= 4 is 10.0 Å². The molecule has 4 heteroatoms. The monoisotopic (exact) mass is 191 g/mol. The molecule has 1 N–H and O–H groups in total. The van der Waals surface area contributed by atoms with E-state index < -0.39 is 10.0 Å². The minimum absolute atomic E-state index is 0.225. The Bertz CT molecular complexity index is 219. The molecule has 0 aromatic heterocycles. The average Bonchev–Trinajstić information content (AvgIpc) is 1.98. The van der Waals surface area contributed by atoms with Crippen molar-refractivity contribution in [2.75, 3.05) is 12.3 Å². The topological polar surface area (TPSA) is 46.2 Å². The fourth-order valence-corrected chi connectivity index (χ4v) is 1.92. The first-order valence-electron chi connectivity index (χ1n) is 4.21. The van der Waals surface area contributed by atoms with Crippen LogP contribution in [0.15, 0.2) is 12.2 Å². The molecule has 0 aromatic carbocycles. The SMILES string of the molecule is C/C=C/CCNS(=O)(=O)CCC. The lowest BCUT2D eigenvalue weighted by Gasteiger charge is -2.02. The van der Waals surface area contributed by atoms with E-state index in [0.29, 0.717) is 13.0 Å². The van der Waals surface area contributed by atoms with Crippen molar-refractivity contribution < 1.29 is 8.42 Å². The molecule has 0 aliphatic carbocycles. The predicted octanol–water partition coefficient (Wildman–Crippen LogP) is 1.28. The van der Waals surface area contributed by atoms with Crippen molar-refractivity contribution in [3.63, 3.8) is 0 Å². The molecule has 0 aromatic rings. The first kappa shape index (κ1) is 11.6. The first-order chi connectivity index (χ1) is 5.62. The summed E-state index contributed by atoms with van der Waals surface area (Å²) in [6.45, 7) is 4.28. The van der Waals surface area contributed by atoms with Crippen LogP contribution in [0.3, 0.4) is 0 Å². The van der Waals surface area contributed by atoms with Crippen LogP contribution >= 0.6 is 0 Å². The summed E-state index contributed by atoms with van der Waals surface area (Å²) in [5, 5.41) is 0. The predicted molar refractivity (Wildman–Crippen MR) is 51.5 cm³/mol. The van der Waals surface area contributed by atoms with Crippen LogP contribution in [0.2, 0.25) is 0 Å². The molecule has 0 aliphatic heterocycles. The summed E-state index contributed by atoms with van der Waals surface area (Å²) >= 11 is 0. The zero-order valence-corrected chi connectivity index (χ0v) is 8.52. The summed E-state index contributed by atoms with van der Waals surface area (Å²) in [6, 6.07) is 0. The van der Waals surface area contributed by atoms with Crippen LogP contribution in [0.4, 0.5) is 0 Å². The van der Waals surface area contributed by atoms with Gasteiger partial charge < -0.3 is 0 Å². The average molecular weight is 191 g/mol. The van der Waals surface area contributed by atoms with Crippen LogP contribution in [0.25, 0.3) is 0 Å². The maximum Gasteiger partial charge on any atom is 0.211 e. The van der Waals surface area contributed by atoms with Crippen molar-refractivity contribution in [3.05, 3.63) is 12.2 Å². The number of sulfonamides is 1. The van der Waals surface area contributed by atoms with Gasteiger partial charge in [-0.25, -0.2) is 13.1 Å². The summed E-state index contributed by atoms with van der Waals surface area (Å²) in [5.41, 5.74) is 0. The fourth-order valence-electron chi connectivity index (χ4n) is 0.805. The third-order valence-electron chi connectivity index (χ3n) is 1.34. The Hall–Kier alpha value is -0.350. The van der Waals surface area contributed by atoms with Gasteiger partial charge in [-0.2, -0.15) is 0 Å². The van der Waals surface area contributed by atoms with Crippen LogP contribution < -0.4 is 4.72 Å². The Labute approximate surface area is 74.9 Å². The van der Waals surface area contributed by atoms with Gasteiger partial charge in [0.05, 0.1) is 5.75 Å². The number of rotatable bonds is 6. The summed E-state index contributed by atoms with van der Waals surface area (Å²) < 4.78 is 24.6. The zero-order valence-electron chi connectivity index (χ0n) is 7.71. The van der Waals surface area contributed by atoms with Crippen LogP contribution in [-0.4, -0.2) is 20.7 Å². The van der Waals surface area contributed by atoms with Gasteiger partial charge in [0.1, 0.15) is 0 Å². The van der Waals surface area contributed by atoms with Crippen molar-refractivity contribution in [2.45, 2.75) is 26.7 Å². The molecule has 0 bridgehead atoms. The molecule has 0 saturated carbocycles. The van der Waals surface area contributed by atoms with E-state index in [2.05, 4.69) is 4.72 Å². The minimum Gasteiger partial charge on any atom is -0.215 e. The molecule has 0 unspecified atom stereocenters. The summed E-state index contributed by atoms with van der Waals surface area (Å²) in [4.78, 5) is 0. The molecule has 0 aliphatic rings. The summed E-state index contributed by atoms with van der Waals surface area (Å²) in [5.74, 6) is 0.225. The van der Waals surface area contributed by atoms with Gasteiger partial charge in [-0.1, -0.05) is 19.1 Å². The molecule has 0 radical (unpaired) electrons. The van der Waals surface area contributed by atoms with Gasteiger partial charge in [0.2, 0.25) is 10.0 Å². The standard InChI is InChI=1S/C8H17NO2S/c1-3-5-6-7-9-12(10,11)8-4-2/h3,5,9H,4,6-8H2,1-2H3/b5-3+. The lowest BCUT2D eigenvalue weighted by atomic mass is 10.4. The third kappa shape index (κ3) is 6.37. The quantitative estimate of drug-likeness (QED) is 0.508. The van der Waals surface area contributed by atoms with Gasteiger partial charge >= 0.3 is 0 Å². The largest absolute Gasteiger partial charge is 0.215 e. The molecular formula is C8H17NO2S. The van der Waals surface area contributed by atoms with Gasteiger partial charge in [-0.3, -0.25) is 0 Å². The Morgan fingerprint density at radius 1 is 1.42 bits per heavy atom. The highest BCUT2D eigenvalue weighted by atomic mass is 32.2. The van der Waals surface area contributed by atoms with Gasteiger partial charge in [0, 0.05) is 6.54 Å². The van der Waals surface area contributed by atoms with E-state index in [1.54, 1.807) is 0 Å². The maximum atomic E-state index is 11.1. The fraction of sp³-hybridized carbons (Fsp3) is 0.750. The van der Waals surface area contributed by atoms with Gasteiger partial charge in [-0.15, -0.1) is 0 Å². The van der Waals surface area contributed by atoms with Crippen LogP contribution in [0.5, 0.6) is 0 Å². The second-order valence-corrected chi connectivity index (χ2v) is 4.50. The molecule has 0 spiro atoms. The normalized spacial score (nSPS) is 12.5. The summed E-state index contributed by atoms with van der Waals surface area (Å²) in [7, 11) is -3.00. The van der Waals surface area contributed by atoms with E-state index in [4.69, 9.17) is 0 Å². The zero-order chi connectivity index (χ0) is 9.45. The lowest BCUT2D eigenvalue weighted by Crippen LogP contribution is -2.26. The number of hydrogen-bond donors (Lipinski definition) is 1. The van der Waals surface area contributed by atoms with Gasteiger partial charge in [0.15, 0.2) is 0 Å². The highest BCUT2D eigenvalue weighted by molar-refractivity contribution is 7.89. The molecule has 12 heavy (non-hydrogen) atoms. The van der Waals surface area contributed by atoms with Crippen molar-refractivity contribution in [2.24, 2.45) is 0 Å². The maximum absolute atomic E-state index is 11.1. The Morgan fingerprint density at radius 2 is 2.08 bits per heavy atom. The Kier molecular flexibility index (Phi) is 6.02. The molecule has 0 saturated heterocycles. The molecule has 3 nitrogen and oxygen atoms in total. The van der Waals surface area contributed by atoms with E-state index in [1.165, 1.54) is 0 Å². The van der Waals surface area contributed by atoms with E-state index in [1.807, 2.05) is 26.0 Å². The summed E-state index contributed by atoms with van der Waals surface area (Å²) in [6.07, 6.45) is 5.28. The molecule has 0 atom stereocenters. The molecule has 0 rings (SSSR count). The Morgan fingerprint density at radius 3 is 2.58 bits per heavy atom. The second-order valence-electron chi connectivity index (χ2n) is 2.57. The van der Waals surface area contributed by atoms with Crippen LogP contribution in [0, 0.1) is 0 Å². The lowest BCUT2D eigenvalue weighted by molar-refractivity contribution is 0.580. The molecular weight excluding hydrogens is 174 g/mol. The van der Waals surface area contributed by atoms with E-state index in [0.717, 1.165) is 6.42 Å². The van der Waals surface area contributed by atoms with Crippen molar-refractivity contribution in [1.82, 2.24) is 4.72 Å². The molecule has 0 heterocycles. The van der Waals surface area contributed by atoms with Crippen LogP contribution in [0.1, 0.15) is 26.7 Å². The molecule has 0 fully saturated rings. The highest BCUT2D eigenvalue weighted by Gasteiger charge is 2.05. The van der Waals surface area contributed by atoms with Crippen molar-refractivity contribution in [1.29, 1.82) is 0 Å². The van der Waals surface area contributed by atoms with E-state index in [-0.39, 0.29) is 5.75 Å².